The van der Waals surface area contributed by atoms with E-state index in [1.807, 2.05) is 86.5 Å². The first-order chi connectivity index (χ1) is 22.0. The Bertz CT molecular complexity index is 1730. The molecule has 0 saturated carbocycles. The maximum atomic E-state index is 13.2. The Morgan fingerprint density at radius 2 is 0.891 bits per heavy atom. The van der Waals surface area contributed by atoms with Crippen LogP contribution < -0.4 is 19.2 Å². The molecule has 5 rings (SSSR count). The minimum absolute atomic E-state index is 0.306. The molecule has 2 N–H and O–H groups in total. The molecule has 0 bridgehead atoms. The van der Waals surface area contributed by atoms with Crippen molar-refractivity contribution in [1.29, 1.82) is 0 Å². The lowest BCUT2D eigenvalue weighted by Gasteiger charge is -2.34. The first-order valence-corrected chi connectivity index (χ1v) is 18.8. The fourth-order valence-electron chi connectivity index (χ4n) is 6.19. The van der Waals surface area contributed by atoms with Gasteiger partial charge in [-0.05, 0) is 50.2 Å². The molecule has 1 aliphatic heterocycles. The minimum atomic E-state index is -3.64. The van der Waals surface area contributed by atoms with E-state index in [-0.39, 0.29) is 0 Å². The third kappa shape index (κ3) is 7.81. The van der Waals surface area contributed by atoms with Crippen molar-refractivity contribution in [1.82, 2.24) is 19.2 Å². The second kappa shape index (κ2) is 14.7. The van der Waals surface area contributed by atoms with Gasteiger partial charge in [0.2, 0.25) is 20.0 Å². The van der Waals surface area contributed by atoms with Crippen LogP contribution in [0, 0.1) is 0 Å². The van der Waals surface area contributed by atoms with Crippen LogP contribution >= 0.6 is 0 Å². The molecule has 1 heterocycles. The van der Waals surface area contributed by atoms with Crippen molar-refractivity contribution in [2.24, 2.45) is 0 Å². The van der Waals surface area contributed by atoms with E-state index in [2.05, 4.69) is 19.2 Å². The van der Waals surface area contributed by atoms with Crippen LogP contribution in [-0.2, 0) is 20.0 Å². The quantitative estimate of drug-likeness (QED) is 0.196. The van der Waals surface area contributed by atoms with Gasteiger partial charge in [-0.1, -0.05) is 48.5 Å². The van der Waals surface area contributed by atoms with E-state index in [1.165, 1.54) is 0 Å². The third-order valence-electron chi connectivity index (χ3n) is 8.61. The number of rotatable bonds is 14. The van der Waals surface area contributed by atoms with Crippen molar-refractivity contribution >= 4 is 53.0 Å². The lowest BCUT2D eigenvalue weighted by atomic mass is 10.1. The molecule has 1 saturated heterocycles. The summed E-state index contributed by atoms with van der Waals surface area (Å²) in [6.07, 6.45) is 1.44. The molecule has 0 atom stereocenters. The van der Waals surface area contributed by atoms with Gasteiger partial charge in [0.15, 0.2) is 0 Å². The van der Waals surface area contributed by atoms with Crippen LogP contribution in [0.15, 0.2) is 82.6 Å². The number of hydrogen-bond donors (Lipinski definition) is 2. The maximum Gasteiger partial charge on any atom is 0.241 e. The standard InChI is InChI=1S/C34H46N6O4S2/c1-37(2)31-15-5-13-29-27(31)11-7-17-33(29)45(41,42)35-19-9-21-39-23-25-40(26-24-39)22-10-20-36-46(43,44)34-18-8-12-28-30(34)14-6-16-32(28)38(3)4/h5-8,11-18,35-36H,9-10,19-26H2,1-4H3. The van der Waals surface area contributed by atoms with Crippen LogP contribution in [0.25, 0.3) is 21.5 Å². The highest BCUT2D eigenvalue weighted by atomic mass is 32.2. The minimum Gasteiger partial charge on any atom is -0.377 e. The van der Waals surface area contributed by atoms with E-state index in [9.17, 15) is 16.8 Å². The van der Waals surface area contributed by atoms with Crippen LogP contribution in [0.5, 0.6) is 0 Å². The number of fused-ring (bicyclic) bond motifs is 2. The first kappa shape index (κ1) is 34.1. The van der Waals surface area contributed by atoms with Gasteiger partial charge in [0.05, 0.1) is 9.79 Å². The maximum absolute atomic E-state index is 13.2. The molecule has 1 aliphatic rings. The van der Waals surface area contributed by atoms with E-state index in [0.29, 0.717) is 22.9 Å². The molecule has 248 valence electrons. The normalized spacial score (nSPS) is 15.0. The van der Waals surface area contributed by atoms with Gasteiger partial charge in [0.25, 0.3) is 0 Å². The van der Waals surface area contributed by atoms with Crippen LogP contribution in [0.3, 0.4) is 0 Å². The van der Waals surface area contributed by atoms with Gasteiger partial charge in [0.1, 0.15) is 0 Å². The summed E-state index contributed by atoms with van der Waals surface area (Å²) in [5, 5.41) is 3.26. The topological polar surface area (TPSA) is 105 Å². The molecule has 1 fully saturated rings. The van der Waals surface area contributed by atoms with Crippen LogP contribution in [0.1, 0.15) is 12.8 Å². The fraction of sp³-hybridized carbons (Fsp3) is 0.412. The predicted octanol–water partition coefficient (Wildman–Crippen LogP) is 3.78. The summed E-state index contributed by atoms with van der Waals surface area (Å²) in [4.78, 5) is 9.30. The molecule has 0 radical (unpaired) electrons. The Labute approximate surface area is 274 Å². The summed E-state index contributed by atoms with van der Waals surface area (Å²) in [6, 6.07) is 22.3. The van der Waals surface area contributed by atoms with Gasteiger partial charge in [0, 0.05) is 100 Å². The molecular weight excluding hydrogens is 621 g/mol. The van der Waals surface area contributed by atoms with Gasteiger partial charge >= 0.3 is 0 Å². The van der Waals surface area contributed by atoms with Gasteiger partial charge < -0.3 is 19.6 Å². The molecule has 46 heavy (non-hydrogen) atoms. The van der Waals surface area contributed by atoms with Crippen molar-refractivity contribution in [3.05, 3.63) is 72.8 Å². The molecule has 0 aliphatic carbocycles. The molecular formula is C34H46N6O4S2. The van der Waals surface area contributed by atoms with Gasteiger partial charge in [-0.3, -0.25) is 0 Å². The number of piperazine rings is 1. The Morgan fingerprint density at radius 3 is 1.26 bits per heavy atom. The second-order valence-electron chi connectivity index (χ2n) is 12.2. The fourth-order valence-corrected chi connectivity index (χ4v) is 8.78. The summed E-state index contributed by atoms with van der Waals surface area (Å²) in [5.74, 6) is 0. The van der Waals surface area contributed by atoms with E-state index in [4.69, 9.17) is 0 Å². The summed E-state index contributed by atoms with van der Waals surface area (Å²) in [6.45, 7) is 5.99. The first-order valence-electron chi connectivity index (χ1n) is 15.8. The largest absolute Gasteiger partial charge is 0.377 e. The zero-order valence-electron chi connectivity index (χ0n) is 27.2. The number of nitrogens with one attached hydrogen (secondary N) is 2. The molecule has 0 amide bonds. The Morgan fingerprint density at radius 1 is 0.543 bits per heavy atom. The van der Waals surface area contributed by atoms with Gasteiger partial charge in [-0.25, -0.2) is 26.3 Å². The number of sulfonamides is 2. The Balaban J connectivity index is 1.04. The average Bonchev–Trinajstić information content (AvgIpc) is 3.04. The second-order valence-corrected chi connectivity index (χ2v) is 15.7. The Hall–Kier alpha value is -3.26. The molecule has 0 aromatic heterocycles. The zero-order chi connectivity index (χ0) is 32.9. The van der Waals surface area contributed by atoms with Crippen molar-refractivity contribution in [2.45, 2.75) is 22.6 Å². The highest BCUT2D eigenvalue weighted by Crippen LogP contribution is 2.31. The average molecular weight is 667 g/mol. The van der Waals surface area contributed by atoms with Crippen LogP contribution in [0.2, 0.25) is 0 Å². The Kier molecular flexibility index (Phi) is 10.9. The summed E-state index contributed by atoms with van der Waals surface area (Å²) >= 11 is 0. The van der Waals surface area contributed by atoms with E-state index >= 15 is 0 Å². The van der Waals surface area contributed by atoms with Crippen molar-refractivity contribution < 1.29 is 16.8 Å². The highest BCUT2D eigenvalue weighted by Gasteiger charge is 2.21. The third-order valence-corrected chi connectivity index (χ3v) is 11.7. The molecule has 0 spiro atoms. The molecule has 0 unspecified atom stereocenters. The number of nitrogens with zero attached hydrogens (tertiary/aromatic N) is 4. The molecule has 10 nitrogen and oxygen atoms in total. The van der Waals surface area contributed by atoms with Crippen molar-refractivity contribution in [2.75, 3.05) is 90.3 Å². The number of hydrogen-bond acceptors (Lipinski definition) is 8. The summed E-state index contributed by atoms with van der Waals surface area (Å²) in [5.41, 5.74) is 1.96. The zero-order valence-corrected chi connectivity index (χ0v) is 28.9. The SMILES string of the molecule is CN(C)c1cccc2c(S(=O)(=O)NCCCN3CCN(CCCNS(=O)(=O)c4cccc5c(N(C)C)cccc45)CC3)cccc12. The van der Waals surface area contributed by atoms with Gasteiger partial charge in [-0.2, -0.15) is 0 Å². The molecule has 4 aromatic rings. The molecule has 4 aromatic carbocycles. The number of benzene rings is 4. The number of anilines is 2. The summed E-state index contributed by atoms with van der Waals surface area (Å²) < 4.78 is 58.4. The van der Waals surface area contributed by atoms with Crippen LogP contribution in [0.4, 0.5) is 11.4 Å². The van der Waals surface area contributed by atoms with E-state index in [1.54, 1.807) is 24.3 Å². The van der Waals surface area contributed by atoms with E-state index < -0.39 is 20.0 Å². The smallest absolute Gasteiger partial charge is 0.241 e. The van der Waals surface area contributed by atoms with Crippen molar-refractivity contribution in [3.8, 4) is 0 Å². The predicted molar refractivity (Wildman–Crippen MR) is 189 cm³/mol. The lowest BCUT2D eigenvalue weighted by molar-refractivity contribution is 0.131. The monoisotopic (exact) mass is 666 g/mol. The lowest BCUT2D eigenvalue weighted by Crippen LogP contribution is -2.47. The van der Waals surface area contributed by atoms with Gasteiger partial charge in [-0.15, -0.1) is 0 Å². The van der Waals surface area contributed by atoms with E-state index in [0.717, 1.165) is 85.0 Å². The van der Waals surface area contributed by atoms with Crippen LogP contribution in [-0.4, -0.2) is 107 Å². The van der Waals surface area contributed by atoms with Crippen molar-refractivity contribution in [3.63, 3.8) is 0 Å². The highest BCUT2D eigenvalue weighted by molar-refractivity contribution is 7.90. The molecule has 12 heteroatoms. The summed E-state index contributed by atoms with van der Waals surface area (Å²) in [7, 11) is 0.516.